The fraction of sp³-hybridized carbons (Fsp3) is 0.586. The highest BCUT2D eigenvalue weighted by Crippen LogP contribution is 2.40. The molecule has 3 heteroatoms. The van der Waals surface area contributed by atoms with Gasteiger partial charge in [-0.25, -0.2) is 4.39 Å². The van der Waals surface area contributed by atoms with Crippen LogP contribution in [0.15, 0.2) is 48.1 Å². The lowest BCUT2D eigenvalue weighted by Crippen LogP contribution is -2.22. The van der Waals surface area contributed by atoms with Gasteiger partial charge in [0.2, 0.25) is 5.82 Å². The first-order valence-electron chi connectivity index (χ1n) is 12.7. The summed E-state index contributed by atoms with van der Waals surface area (Å²) in [7, 11) is 0. The van der Waals surface area contributed by atoms with E-state index in [0.717, 1.165) is 18.3 Å². The Hall–Kier alpha value is -1.90. The molecule has 176 valence electrons. The highest BCUT2D eigenvalue weighted by Gasteiger charge is 2.27. The highest BCUT2D eigenvalue weighted by atomic mass is 19.2. The number of halogens is 2. The van der Waals surface area contributed by atoms with Crippen LogP contribution in [0.25, 0.3) is 0 Å². The molecule has 0 N–H and O–H groups in total. The van der Waals surface area contributed by atoms with Crippen molar-refractivity contribution in [3.8, 4) is 5.75 Å². The van der Waals surface area contributed by atoms with Gasteiger partial charge in [-0.15, -0.1) is 0 Å². The largest absolute Gasteiger partial charge is 0.491 e. The average molecular weight is 443 g/mol. The van der Waals surface area contributed by atoms with Crippen molar-refractivity contribution in [2.75, 3.05) is 6.61 Å². The zero-order valence-electron chi connectivity index (χ0n) is 19.9. The van der Waals surface area contributed by atoms with Crippen LogP contribution in [0.2, 0.25) is 0 Å². The van der Waals surface area contributed by atoms with Crippen molar-refractivity contribution in [1.29, 1.82) is 0 Å². The van der Waals surface area contributed by atoms with Gasteiger partial charge in [-0.3, -0.25) is 0 Å². The van der Waals surface area contributed by atoms with Gasteiger partial charge in [-0.05, 0) is 114 Å². The second-order valence-corrected chi connectivity index (χ2v) is 9.43. The molecule has 0 radical (unpaired) electrons. The number of hydrogen-bond acceptors (Lipinski definition) is 1. The van der Waals surface area contributed by atoms with Crippen molar-refractivity contribution in [3.63, 3.8) is 0 Å². The molecule has 0 bridgehead atoms. The third-order valence-corrected chi connectivity index (χ3v) is 7.31. The summed E-state index contributed by atoms with van der Waals surface area (Å²) >= 11 is 0. The van der Waals surface area contributed by atoms with Crippen LogP contribution in [0.4, 0.5) is 8.78 Å². The van der Waals surface area contributed by atoms with E-state index in [4.69, 9.17) is 4.74 Å². The lowest BCUT2D eigenvalue weighted by atomic mass is 9.71. The fourth-order valence-electron chi connectivity index (χ4n) is 5.37. The van der Waals surface area contributed by atoms with E-state index in [1.165, 1.54) is 63.9 Å². The Bertz CT molecular complexity index is 800. The van der Waals surface area contributed by atoms with E-state index in [2.05, 4.69) is 37.3 Å². The molecule has 0 aliphatic heterocycles. The van der Waals surface area contributed by atoms with Gasteiger partial charge >= 0.3 is 0 Å². The monoisotopic (exact) mass is 442 g/mol. The maximum absolute atomic E-state index is 14.2. The molecule has 1 saturated carbocycles. The number of ether oxygens (including phenoxy) is 1. The smallest absolute Gasteiger partial charge is 0.200 e. The minimum Gasteiger partial charge on any atom is -0.491 e. The van der Waals surface area contributed by atoms with Crippen molar-refractivity contribution < 1.29 is 13.5 Å². The lowest BCUT2D eigenvalue weighted by molar-refractivity contribution is 0.209. The van der Waals surface area contributed by atoms with Gasteiger partial charge in [-0.2, -0.15) is 4.39 Å². The van der Waals surface area contributed by atoms with Crippen LogP contribution >= 0.6 is 0 Å². The van der Waals surface area contributed by atoms with Gasteiger partial charge in [0, 0.05) is 0 Å². The molecule has 3 rings (SSSR count). The van der Waals surface area contributed by atoms with E-state index >= 15 is 0 Å². The van der Waals surface area contributed by atoms with Crippen molar-refractivity contribution in [2.45, 2.75) is 84.5 Å². The predicted molar refractivity (Wildman–Crippen MR) is 130 cm³/mol. The van der Waals surface area contributed by atoms with Gasteiger partial charge < -0.3 is 4.74 Å². The summed E-state index contributed by atoms with van der Waals surface area (Å²) in [5, 5.41) is 0. The van der Waals surface area contributed by atoms with E-state index < -0.39 is 11.6 Å². The van der Waals surface area contributed by atoms with Gasteiger partial charge in [-0.1, -0.05) is 42.0 Å². The summed E-state index contributed by atoms with van der Waals surface area (Å²) in [6.45, 7) is 4.19. The third-order valence-electron chi connectivity index (χ3n) is 7.31. The van der Waals surface area contributed by atoms with Crippen LogP contribution in [0.3, 0.4) is 0 Å². The highest BCUT2D eigenvalue weighted by molar-refractivity contribution is 5.31. The molecule has 2 aliphatic rings. The maximum Gasteiger partial charge on any atom is 0.200 e. The molecule has 1 nitrogen and oxygen atoms in total. The first-order valence-corrected chi connectivity index (χ1v) is 12.7. The third kappa shape index (κ3) is 7.05. The molecule has 1 atom stereocenters. The van der Waals surface area contributed by atoms with E-state index in [1.807, 2.05) is 0 Å². The molecule has 0 aromatic heterocycles. The summed E-state index contributed by atoms with van der Waals surface area (Å²) in [6.07, 6.45) is 24.3. The zero-order valence-corrected chi connectivity index (χ0v) is 19.9. The second kappa shape index (κ2) is 13.0. The Morgan fingerprint density at radius 2 is 1.72 bits per heavy atom. The minimum atomic E-state index is -0.867. The Kier molecular flexibility index (Phi) is 10.0. The van der Waals surface area contributed by atoms with Crippen LogP contribution < -0.4 is 4.74 Å². The van der Waals surface area contributed by atoms with Crippen molar-refractivity contribution in [1.82, 2.24) is 0 Å². The summed E-state index contributed by atoms with van der Waals surface area (Å²) in [6, 6.07) is 3.18. The van der Waals surface area contributed by atoms with E-state index in [9.17, 15) is 8.78 Å². The Labute approximate surface area is 193 Å². The number of allylic oxidation sites excluding steroid dienone is 6. The van der Waals surface area contributed by atoms with Crippen LogP contribution in [0, 0.1) is 29.4 Å². The number of benzene rings is 1. The van der Waals surface area contributed by atoms with Crippen LogP contribution in [0.1, 0.15) is 83.6 Å². The Morgan fingerprint density at radius 3 is 2.41 bits per heavy atom. The van der Waals surface area contributed by atoms with Gasteiger partial charge in [0.25, 0.3) is 0 Å². The van der Waals surface area contributed by atoms with Gasteiger partial charge in [0.05, 0.1) is 6.61 Å². The van der Waals surface area contributed by atoms with E-state index in [1.54, 1.807) is 18.6 Å². The van der Waals surface area contributed by atoms with Crippen molar-refractivity contribution in [2.24, 2.45) is 17.8 Å². The first-order chi connectivity index (χ1) is 15.6. The predicted octanol–water partition coefficient (Wildman–Crippen LogP) is 8.74. The topological polar surface area (TPSA) is 9.23 Å². The molecule has 1 fully saturated rings. The molecule has 1 aromatic rings. The molecular formula is C29H40F2O. The van der Waals surface area contributed by atoms with E-state index in [0.29, 0.717) is 24.5 Å². The van der Waals surface area contributed by atoms with Gasteiger partial charge in [0.1, 0.15) is 0 Å². The fourth-order valence-corrected chi connectivity index (χ4v) is 5.37. The lowest BCUT2D eigenvalue weighted by Gasteiger charge is -2.34. The number of hydrogen-bond donors (Lipinski definition) is 0. The molecule has 0 heterocycles. The standard InChI is InChI=1S/C29H40F2O/c1-3-5-6-9-22-12-16-24(17-13-22)25-18-14-23(15-19-25)10-7-8-11-26-20-21-27(32-4-2)29(31)28(26)30/h3,5,7,10,12,20-21,23-25H,4,6,8-9,11,13-19H2,1-2H3/b5-3+,10-7+. The van der Waals surface area contributed by atoms with Crippen LogP contribution in [-0.4, -0.2) is 6.61 Å². The van der Waals surface area contributed by atoms with Gasteiger partial charge in [0.15, 0.2) is 11.6 Å². The molecule has 0 amide bonds. The van der Waals surface area contributed by atoms with Crippen molar-refractivity contribution >= 4 is 0 Å². The number of rotatable bonds is 10. The SMILES string of the molecule is C/C=C/CCC1=CCC(C2CCC(/C=C/CCc3ccc(OCC)c(F)c3F)CC2)CC1. The van der Waals surface area contributed by atoms with Crippen LogP contribution in [0.5, 0.6) is 5.75 Å². The molecule has 32 heavy (non-hydrogen) atoms. The number of aryl methyl sites for hydroxylation is 1. The van der Waals surface area contributed by atoms with Crippen LogP contribution in [-0.2, 0) is 6.42 Å². The molecule has 0 spiro atoms. The van der Waals surface area contributed by atoms with Crippen molar-refractivity contribution in [3.05, 3.63) is 65.3 Å². The Morgan fingerprint density at radius 1 is 0.938 bits per heavy atom. The Balaban J connectivity index is 1.38. The summed E-state index contributed by atoms with van der Waals surface area (Å²) in [5.74, 6) is 0.769. The average Bonchev–Trinajstić information content (AvgIpc) is 2.82. The normalized spacial score (nSPS) is 24.2. The summed E-state index contributed by atoms with van der Waals surface area (Å²) in [4.78, 5) is 0. The summed E-state index contributed by atoms with van der Waals surface area (Å²) < 4.78 is 33.3. The minimum absolute atomic E-state index is 0.000575. The molecule has 1 aromatic carbocycles. The molecule has 1 unspecified atom stereocenters. The molecule has 0 saturated heterocycles. The summed E-state index contributed by atoms with van der Waals surface area (Å²) in [5.41, 5.74) is 2.09. The van der Waals surface area contributed by atoms with E-state index in [-0.39, 0.29) is 5.75 Å². The molecular weight excluding hydrogens is 402 g/mol. The first kappa shape index (κ1) is 24.7. The second-order valence-electron chi connectivity index (χ2n) is 9.43. The maximum atomic E-state index is 14.2. The quantitative estimate of drug-likeness (QED) is 0.329. The zero-order chi connectivity index (χ0) is 22.8. The molecule has 2 aliphatic carbocycles.